The molecule has 2 aliphatic heterocycles. The molecule has 1 fully saturated rings. The van der Waals surface area contributed by atoms with Crippen molar-refractivity contribution in [3.05, 3.63) is 29.3 Å². The normalized spacial score (nSPS) is 18.6. The van der Waals surface area contributed by atoms with Crippen LogP contribution in [0.1, 0.15) is 33.6 Å². The van der Waals surface area contributed by atoms with Crippen molar-refractivity contribution in [2.75, 3.05) is 46.6 Å². The lowest BCUT2D eigenvalue weighted by Crippen LogP contribution is -2.54. The highest BCUT2D eigenvalue weighted by atomic mass is 16.5. The molecule has 10 heteroatoms. The molecule has 1 saturated heterocycles. The van der Waals surface area contributed by atoms with Crippen LogP contribution in [-0.4, -0.2) is 81.2 Å². The van der Waals surface area contributed by atoms with Crippen LogP contribution in [0.25, 0.3) is 0 Å². The molecule has 0 aliphatic carbocycles. The van der Waals surface area contributed by atoms with Crippen LogP contribution in [0.4, 0.5) is 0 Å². The number of carbonyl (C=O) groups excluding carboxylic acids is 4. The van der Waals surface area contributed by atoms with Gasteiger partial charge in [-0.1, -0.05) is 0 Å². The maximum absolute atomic E-state index is 12.8. The fraction of sp³-hybridized carbons (Fsp3) is 0.500. The molecule has 0 radical (unpaired) electrons. The van der Waals surface area contributed by atoms with E-state index < -0.39 is 29.7 Å². The Bertz CT molecular complexity index is 827. The monoisotopic (exact) mass is 419 g/mol. The minimum Gasteiger partial charge on any atom is -0.491 e. The van der Waals surface area contributed by atoms with Crippen LogP contribution < -0.4 is 15.4 Å². The number of likely N-dealkylation sites (N-methyl/N-ethyl adjacent to an activating group) is 1. The van der Waals surface area contributed by atoms with Crippen LogP contribution in [0.5, 0.6) is 5.75 Å². The number of imide groups is 2. The third-order valence-electron chi connectivity index (χ3n) is 4.78. The molecule has 1 atom stereocenters. The van der Waals surface area contributed by atoms with Crippen LogP contribution >= 0.6 is 0 Å². The summed E-state index contributed by atoms with van der Waals surface area (Å²) in [6.45, 7) is 2.96. The van der Waals surface area contributed by atoms with Crippen molar-refractivity contribution in [1.82, 2.24) is 15.5 Å². The first-order valence-electron chi connectivity index (χ1n) is 9.81. The van der Waals surface area contributed by atoms with Crippen molar-refractivity contribution in [2.24, 2.45) is 0 Å². The van der Waals surface area contributed by atoms with Crippen molar-refractivity contribution in [3.8, 4) is 5.75 Å². The Balaban J connectivity index is 1.50. The molecule has 0 saturated carbocycles. The first kappa shape index (κ1) is 21.9. The number of carbonyl (C=O) groups is 4. The molecule has 0 spiro atoms. The zero-order chi connectivity index (χ0) is 21.5. The van der Waals surface area contributed by atoms with Crippen LogP contribution in [-0.2, 0) is 19.1 Å². The van der Waals surface area contributed by atoms with Gasteiger partial charge in [-0.3, -0.25) is 29.4 Å². The van der Waals surface area contributed by atoms with E-state index in [4.69, 9.17) is 14.2 Å². The van der Waals surface area contributed by atoms with Crippen LogP contribution in [0.3, 0.4) is 0 Å². The van der Waals surface area contributed by atoms with E-state index in [0.29, 0.717) is 32.2 Å². The molecule has 3 rings (SSSR count). The van der Waals surface area contributed by atoms with E-state index in [1.807, 2.05) is 7.05 Å². The lowest BCUT2D eigenvalue weighted by Gasteiger charge is -2.27. The molecule has 30 heavy (non-hydrogen) atoms. The average molecular weight is 419 g/mol. The smallest absolute Gasteiger partial charge is 0.262 e. The molecule has 4 amide bonds. The predicted molar refractivity (Wildman–Crippen MR) is 104 cm³/mol. The first-order valence-corrected chi connectivity index (χ1v) is 9.81. The topological polar surface area (TPSA) is 123 Å². The molecule has 1 aromatic carbocycles. The quantitative estimate of drug-likeness (QED) is 0.371. The van der Waals surface area contributed by atoms with Crippen LogP contribution in [0.15, 0.2) is 18.2 Å². The second-order valence-electron chi connectivity index (χ2n) is 6.83. The van der Waals surface area contributed by atoms with E-state index in [2.05, 4.69) is 10.6 Å². The Morgan fingerprint density at radius 3 is 2.43 bits per heavy atom. The summed E-state index contributed by atoms with van der Waals surface area (Å²) in [6.07, 6.45) is 0.203. The minimum atomic E-state index is -0.983. The van der Waals surface area contributed by atoms with Gasteiger partial charge < -0.3 is 19.5 Å². The number of ether oxygens (including phenoxy) is 3. The maximum atomic E-state index is 12.8. The number of hydrogen-bond donors (Lipinski definition) is 2. The summed E-state index contributed by atoms with van der Waals surface area (Å²) in [6, 6.07) is 3.61. The Morgan fingerprint density at radius 1 is 1.00 bits per heavy atom. The standard InChI is InChI=1S/C20H25N3O7/c1-21-6-7-28-8-9-29-10-11-30-13-2-3-14-15(12-13)20(27)23(19(14)26)16-4-5-17(24)22-18(16)25/h2-3,12,16,21H,4-11H2,1H3,(H,22,24,25). The fourth-order valence-corrected chi connectivity index (χ4v) is 3.25. The molecule has 2 heterocycles. The zero-order valence-electron chi connectivity index (χ0n) is 16.8. The van der Waals surface area contributed by atoms with Gasteiger partial charge in [-0.25, -0.2) is 0 Å². The number of fused-ring (bicyclic) bond motifs is 1. The number of nitrogens with one attached hydrogen (secondary N) is 2. The van der Waals surface area contributed by atoms with Gasteiger partial charge in [0.05, 0.1) is 37.6 Å². The van der Waals surface area contributed by atoms with Gasteiger partial charge in [0.2, 0.25) is 11.8 Å². The minimum absolute atomic E-state index is 0.0820. The lowest BCUT2D eigenvalue weighted by molar-refractivity contribution is -0.136. The summed E-state index contributed by atoms with van der Waals surface area (Å²) < 4.78 is 16.3. The van der Waals surface area contributed by atoms with Gasteiger partial charge in [-0.05, 0) is 31.7 Å². The number of piperidine rings is 1. The van der Waals surface area contributed by atoms with Gasteiger partial charge in [0.1, 0.15) is 18.4 Å². The molecule has 10 nitrogen and oxygen atoms in total. The second kappa shape index (κ2) is 10.3. The lowest BCUT2D eigenvalue weighted by atomic mass is 10.0. The zero-order valence-corrected chi connectivity index (χ0v) is 16.8. The Hall–Kier alpha value is -2.82. The number of benzene rings is 1. The van der Waals surface area contributed by atoms with Gasteiger partial charge in [0.15, 0.2) is 0 Å². The first-order chi connectivity index (χ1) is 14.5. The van der Waals surface area contributed by atoms with E-state index in [1.54, 1.807) is 6.07 Å². The number of amides is 4. The molecule has 2 N–H and O–H groups in total. The molecule has 162 valence electrons. The number of rotatable bonds is 11. The summed E-state index contributed by atoms with van der Waals surface area (Å²) in [7, 11) is 1.85. The van der Waals surface area contributed by atoms with E-state index in [1.165, 1.54) is 12.1 Å². The molecular formula is C20H25N3O7. The molecule has 1 unspecified atom stereocenters. The van der Waals surface area contributed by atoms with Gasteiger partial charge in [0, 0.05) is 13.0 Å². The van der Waals surface area contributed by atoms with Gasteiger partial charge in [0.25, 0.3) is 11.8 Å². The van der Waals surface area contributed by atoms with E-state index in [9.17, 15) is 19.2 Å². The average Bonchev–Trinajstić information content (AvgIpc) is 2.97. The van der Waals surface area contributed by atoms with Gasteiger partial charge >= 0.3 is 0 Å². The van der Waals surface area contributed by atoms with Crippen molar-refractivity contribution >= 4 is 23.6 Å². The van der Waals surface area contributed by atoms with E-state index in [-0.39, 0.29) is 30.6 Å². The molecular weight excluding hydrogens is 394 g/mol. The third-order valence-corrected chi connectivity index (χ3v) is 4.78. The molecule has 2 aliphatic rings. The number of hydrogen-bond acceptors (Lipinski definition) is 8. The summed E-state index contributed by atoms with van der Waals surface area (Å²) >= 11 is 0. The molecule has 0 aromatic heterocycles. The van der Waals surface area contributed by atoms with Crippen molar-refractivity contribution < 1.29 is 33.4 Å². The van der Waals surface area contributed by atoms with E-state index >= 15 is 0 Å². The predicted octanol–water partition coefficient (Wildman–Crippen LogP) is -0.281. The highest BCUT2D eigenvalue weighted by molar-refractivity contribution is 6.23. The summed E-state index contributed by atoms with van der Waals surface area (Å²) in [5.41, 5.74) is 0.396. The molecule has 1 aromatic rings. The summed E-state index contributed by atoms with van der Waals surface area (Å²) in [5.74, 6) is -1.73. The van der Waals surface area contributed by atoms with Crippen molar-refractivity contribution in [2.45, 2.75) is 18.9 Å². The van der Waals surface area contributed by atoms with Crippen molar-refractivity contribution in [3.63, 3.8) is 0 Å². The fourth-order valence-electron chi connectivity index (χ4n) is 3.25. The molecule has 0 bridgehead atoms. The van der Waals surface area contributed by atoms with Gasteiger partial charge in [-0.15, -0.1) is 0 Å². The van der Waals surface area contributed by atoms with Crippen LogP contribution in [0, 0.1) is 0 Å². The highest BCUT2D eigenvalue weighted by Crippen LogP contribution is 2.30. The summed E-state index contributed by atoms with van der Waals surface area (Å²) in [5, 5.41) is 5.15. The third kappa shape index (κ3) is 5.02. The Labute approximate surface area is 173 Å². The highest BCUT2D eigenvalue weighted by Gasteiger charge is 2.44. The summed E-state index contributed by atoms with van der Waals surface area (Å²) in [4.78, 5) is 49.7. The second-order valence-corrected chi connectivity index (χ2v) is 6.83. The van der Waals surface area contributed by atoms with Crippen molar-refractivity contribution in [1.29, 1.82) is 0 Å². The Kier molecular flexibility index (Phi) is 7.50. The van der Waals surface area contributed by atoms with Gasteiger partial charge in [-0.2, -0.15) is 0 Å². The maximum Gasteiger partial charge on any atom is 0.262 e. The Morgan fingerprint density at radius 2 is 1.70 bits per heavy atom. The number of nitrogens with zero attached hydrogens (tertiary/aromatic N) is 1. The van der Waals surface area contributed by atoms with Crippen LogP contribution in [0.2, 0.25) is 0 Å². The van der Waals surface area contributed by atoms with E-state index in [0.717, 1.165) is 11.4 Å². The SMILES string of the molecule is CNCCOCCOCCOc1ccc2c(c1)C(=O)N(C1CCC(=O)NC1=O)C2=O. The largest absolute Gasteiger partial charge is 0.491 e.